The maximum atomic E-state index is 10.4. The van der Waals surface area contributed by atoms with Gasteiger partial charge in [0.05, 0.1) is 11.5 Å². The van der Waals surface area contributed by atoms with Crippen LogP contribution in [0.25, 0.3) is 0 Å². The van der Waals surface area contributed by atoms with Crippen molar-refractivity contribution in [1.82, 2.24) is 0 Å². The number of hydrogen-bond acceptors (Lipinski definition) is 4. The summed E-state index contributed by atoms with van der Waals surface area (Å²) in [4.78, 5) is 10.0. The molecular weight excluding hydrogens is 212 g/mol. The second-order valence-electron chi connectivity index (χ2n) is 2.26. The minimum atomic E-state index is -0.435. The summed E-state index contributed by atoms with van der Waals surface area (Å²) < 4.78 is 0. The molecule has 0 aliphatic carbocycles. The fraction of sp³-hybridized carbons (Fsp3) is 0.143. The van der Waals surface area contributed by atoms with Gasteiger partial charge in [0, 0.05) is 11.1 Å². The smallest absolute Gasteiger partial charge is 0.303 e. The van der Waals surface area contributed by atoms with Crippen LogP contribution in [-0.2, 0) is 0 Å². The molecule has 1 aromatic heterocycles. The molecule has 1 rings (SSSR count). The highest BCUT2D eigenvalue weighted by atomic mass is 35.5. The maximum absolute atomic E-state index is 10.4. The Bertz CT molecular complexity index is 337. The lowest BCUT2D eigenvalue weighted by Gasteiger charge is -2.00. The summed E-state index contributed by atoms with van der Waals surface area (Å²) in [5, 5.41) is 15.8. The van der Waals surface area contributed by atoms with Crippen molar-refractivity contribution in [3.05, 3.63) is 33.2 Å². The molecule has 0 saturated carbocycles. The molecular formula is C7H7ClN2O2S. The average Bonchev–Trinajstić information content (AvgIpc) is 2.47. The van der Waals surface area contributed by atoms with Crippen molar-refractivity contribution in [3.63, 3.8) is 0 Å². The molecule has 13 heavy (non-hydrogen) atoms. The fourth-order valence-electron chi connectivity index (χ4n) is 0.755. The van der Waals surface area contributed by atoms with Crippen LogP contribution in [0, 0.1) is 10.1 Å². The van der Waals surface area contributed by atoms with E-state index >= 15 is 0 Å². The van der Waals surface area contributed by atoms with Crippen molar-refractivity contribution in [3.8, 4) is 0 Å². The predicted octanol–water partition coefficient (Wildman–Crippen LogP) is 2.82. The zero-order valence-electron chi connectivity index (χ0n) is 6.62. The molecule has 70 valence electrons. The number of halogens is 1. The SMILES string of the molecule is C=C(Cl)CNc1sccc1[N+](=O)[O-]. The van der Waals surface area contributed by atoms with Crippen LogP contribution >= 0.6 is 22.9 Å². The lowest BCUT2D eigenvalue weighted by Crippen LogP contribution is -2.00. The van der Waals surface area contributed by atoms with Gasteiger partial charge in [0.2, 0.25) is 0 Å². The summed E-state index contributed by atoms with van der Waals surface area (Å²) in [6.07, 6.45) is 0. The van der Waals surface area contributed by atoms with Gasteiger partial charge in [0.1, 0.15) is 0 Å². The lowest BCUT2D eigenvalue weighted by molar-refractivity contribution is -0.383. The van der Waals surface area contributed by atoms with E-state index < -0.39 is 4.92 Å². The Hall–Kier alpha value is -1.07. The average molecular weight is 219 g/mol. The predicted molar refractivity (Wildman–Crippen MR) is 54.5 cm³/mol. The molecule has 0 fully saturated rings. The van der Waals surface area contributed by atoms with E-state index in [0.29, 0.717) is 16.6 Å². The molecule has 0 bridgehead atoms. The third kappa shape index (κ3) is 2.71. The first-order chi connectivity index (χ1) is 6.11. The minimum Gasteiger partial charge on any atom is -0.366 e. The Morgan fingerprint density at radius 3 is 3.08 bits per heavy atom. The monoisotopic (exact) mass is 218 g/mol. The molecule has 0 unspecified atom stereocenters. The van der Waals surface area contributed by atoms with Crippen molar-refractivity contribution < 1.29 is 4.92 Å². The summed E-state index contributed by atoms with van der Waals surface area (Å²) in [6.45, 7) is 3.80. The van der Waals surface area contributed by atoms with Gasteiger partial charge in [-0.2, -0.15) is 0 Å². The van der Waals surface area contributed by atoms with Gasteiger partial charge in [-0.05, 0) is 5.38 Å². The second kappa shape index (κ2) is 4.25. The van der Waals surface area contributed by atoms with E-state index in [1.807, 2.05) is 0 Å². The summed E-state index contributed by atoms with van der Waals surface area (Å²) >= 11 is 6.77. The molecule has 0 aromatic carbocycles. The molecule has 0 radical (unpaired) electrons. The molecule has 0 aliphatic rings. The van der Waals surface area contributed by atoms with Crippen LogP contribution in [0.2, 0.25) is 0 Å². The standard InChI is InChI=1S/C7H7ClN2O2S/c1-5(8)4-9-7-6(10(11)12)2-3-13-7/h2-3,9H,1,4H2. The van der Waals surface area contributed by atoms with Gasteiger partial charge in [-0.1, -0.05) is 18.2 Å². The Morgan fingerprint density at radius 1 is 1.85 bits per heavy atom. The van der Waals surface area contributed by atoms with Crippen LogP contribution in [0.15, 0.2) is 23.1 Å². The lowest BCUT2D eigenvalue weighted by atomic mass is 10.5. The van der Waals surface area contributed by atoms with Gasteiger partial charge in [-0.15, -0.1) is 11.3 Å². The highest BCUT2D eigenvalue weighted by Crippen LogP contribution is 2.30. The molecule has 1 heterocycles. The van der Waals surface area contributed by atoms with E-state index in [2.05, 4.69) is 11.9 Å². The third-order valence-corrected chi connectivity index (χ3v) is 2.28. The van der Waals surface area contributed by atoms with Gasteiger partial charge in [0.15, 0.2) is 5.00 Å². The number of anilines is 1. The molecule has 0 amide bonds. The quantitative estimate of drug-likeness (QED) is 0.625. The maximum Gasteiger partial charge on any atom is 0.303 e. The largest absolute Gasteiger partial charge is 0.366 e. The molecule has 6 heteroatoms. The molecule has 0 aliphatic heterocycles. The van der Waals surface area contributed by atoms with Crippen molar-refractivity contribution in [2.75, 3.05) is 11.9 Å². The van der Waals surface area contributed by atoms with E-state index in [4.69, 9.17) is 11.6 Å². The molecule has 0 spiro atoms. The van der Waals surface area contributed by atoms with E-state index in [1.165, 1.54) is 17.4 Å². The van der Waals surface area contributed by atoms with Crippen molar-refractivity contribution in [1.29, 1.82) is 0 Å². The van der Waals surface area contributed by atoms with Crippen LogP contribution in [0.5, 0.6) is 0 Å². The number of nitrogens with one attached hydrogen (secondary N) is 1. The van der Waals surface area contributed by atoms with E-state index in [1.54, 1.807) is 5.38 Å². The van der Waals surface area contributed by atoms with Gasteiger partial charge < -0.3 is 5.32 Å². The Labute approximate surface area is 84.0 Å². The normalized spacial score (nSPS) is 9.62. The summed E-state index contributed by atoms with van der Waals surface area (Å²) in [5.74, 6) is 0. The van der Waals surface area contributed by atoms with Crippen LogP contribution in [0.1, 0.15) is 0 Å². The van der Waals surface area contributed by atoms with Gasteiger partial charge in [-0.3, -0.25) is 10.1 Å². The summed E-state index contributed by atoms with van der Waals surface area (Å²) in [5.41, 5.74) is 0.0721. The van der Waals surface area contributed by atoms with Gasteiger partial charge >= 0.3 is 5.69 Å². The Morgan fingerprint density at radius 2 is 2.54 bits per heavy atom. The van der Waals surface area contributed by atoms with Gasteiger partial charge in [0.25, 0.3) is 0 Å². The number of nitro groups is 1. The summed E-state index contributed by atoms with van der Waals surface area (Å²) in [7, 11) is 0. The zero-order chi connectivity index (χ0) is 9.84. The molecule has 1 aromatic rings. The topological polar surface area (TPSA) is 55.2 Å². The summed E-state index contributed by atoms with van der Waals surface area (Å²) in [6, 6.07) is 1.45. The first kappa shape index (κ1) is 10.0. The third-order valence-electron chi connectivity index (χ3n) is 1.28. The van der Waals surface area contributed by atoms with Crippen molar-refractivity contribution >= 4 is 33.6 Å². The first-order valence-corrected chi connectivity index (χ1v) is 4.66. The molecule has 1 N–H and O–H groups in total. The molecule has 0 atom stereocenters. The minimum absolute atomic E-state index is 0.0721. The molecule has 0 saturated heterocycles. The van der Waals surface area contributed by atoms with E-state index in [-0.39, 0.29) is 5.69 Å². The van der Waals surface area contributed by atoms with Crippen LogP contribution < -0.4 is 5.32 Å². The molecule has 4 nitrogen and oxygen atoms in total. The number of nitrogens with zero attached hydrogens (tertiary/aromatic N) is 1. The zero-order valence-corrected chi connectivity index (χ0v) is 8.19. The van der Waals surface area contributed by atoms with Crippen LogP contribution in [0.3, 0.4) is 0 Å². The Kier molecular flexibility index (Phi) is 3.27. The van der Waals surface area contributed by atoms with Crippen LogP contribution in [-0.4, -0.2) is 11.5 Å². The number of rotatable bonds is 4. The number of thiophene rings is 1. The fourth-order valence-corrected chi connectivity index (χ4v) is 1.57. The van der Waals surface area contributed by atoms with Crippen molar-refractivity contribution in [2.24, 2.45) is 0 Å². The van der Waals surface area contributed by atoms with E-state index in [9.17, 15) is 10.1 Å². The van der Waals surface area contributed by atoms with E-state index in [0.717, 1.165) is 0 Å². The number of hydrogen-bond donors (Lipinski definition) is 1. The first-order valence-electron chi connectivity index (χ1n) is 3.40. The Balaban J connectivity index is 2.71. The van der Waals surface area contributed by atoms with Crippen molar-refractivity contribution in [2.45, 2.75) is 0 Å². The highest BCUT2D eigenvalue weighted by molar-refractivity contribution is 7.14. The van der Waals surface area contributed by atoms with Gasteiger partial charge in [-0.25, -0.2) is 0 Å². The van der Waals surface area contributed by atoms with Crippen LogP contribution in [0.4, 0.5) is 10.7 Å². The highest BCUT2D eigenvalue weighted by Gasteiger charge is 2.13. The second-order valence-corrected chi connectivity index (χ2v) is 3.71.